The van der Waals surface area contributed by atoms with Crippen LogP contribution in [-0.4, -0.2) is 60.9 Å². The van der Waals surface area contributed by atoms with Crippen molar-refractivity contribution in [2.75, 3.05) is 13.1 Å². The molecule has 35 heavy (non-hydrogen) atoms. The van der Waals surface area contributed by atoms with Gasteiger partial charge >= 0.3 is 0 Å². The molecule has 11 heteroatoms. The van der Waals surface area contributed by atoms with Crippen LogP contribution in [0.3, 0.4) is 0 Å². The Labute approximate surface area is 212 Å². The molecular weight excluding hydrogens is 486 g/mol. The zero-order valence-electron chi connectivity index (χ0n) is 19.5. The van der Waals surface area contributed by atoms with E-state index < -0.39 is 0 Å². The molecule has 4 aromatic heterocycles. The molecule has 1 amide bonds. The molecule has 1 aliphatic rings. The highest BCUT2D eigenvalue weighted by Gasteiger charge is 2.25. The molecule has 5 heterocycles. The number of piperidine rings is 1. The number of pyridine rings is 1. The van der Waals surface area contributed by atoms with Gasteiger partial charge in [0.05, 0.1) is 15.8 Å². The summed E-state index contributed by atoms with van der Waals surface area (Å²) in [6.45, 7) is 6.60. The van der Waals surface area contributed by atoms with E-state index in [9.17, 15) is 4.79 Å². The first-order valence-electron chi connectivity index (χ1n) is 11.6. The van der Waals surface area contributed by atoms with Crippen LogP contribution in [0.25, 0.3) is 22.2 Å². The van der Waals surface area contributed by atoms with Crippen LogP contribution >= 0.6 is 22.9 Å². The van der Waals surface area contributed by atoms with E-state index in [1.165, 1.54) is 11.3 Å². The minimum Gasteiger partial charge on any atom is -0.355 e. The number of carbonyl (C=O) groups excluding carboxylic acids is 1. The number of halogens is 1. The lowest BCUT2D eigenvalue weighted by atomic mass is 10.0. The largest absolute Gasteiger partial charge is 0.355 e. The third kappa shape index (κ3) is 5.44. The van der Waals surface area contributed by atoms with Gasteiger partial charge in [-0.25, -0.2) is 9.67 Å². The molecule has 1 fully saturated rings. The van der Waals surface area contributed by atoms with Crippen molar-refractivity contribution in [2.45, 2.75) is 45.3 Å². The lowest BCUT2D eigenvalue weighted by molar-refractivity contribution is 0.0890. The van der Waals surface area contributed by atoms with Gasteiger partial charge in [0, 0.05) is 37.4 Å². The van der Waals surface area contributed by atoms with Gasteiger partial charge in [0.1, 0.15) is 11.4 Å². The molecule has 0 atom stereocenters. The van der Waals surface area contributed by atoms with Gasteiger partial charge < -0.3 is 14.7 Å². The predicted molar refractivity (Wildman–Crippen MR) is 134 cm³/mol. The molecule has 0 unspecified atom stereocenters. The first-order valence-corrected chi connectivity index (χ1v) is 12.8. The summed E-state index contributed by atoms with van der Waals surface area (Å²) in [5, 5.41) is 11.8. The van der Waals surface area contributed by atoms with Crippen molar-refractivity contribution < 1.29 is 9.32 Å². The zero-order chi connectivity index (χ0) is 24.4. The molecule has 0 aromatic carbocycles. The average molecular weight is 512 g/mol. The van der Waals surface area contributed by atoms with Gasteiger partial charge in [-0.15, -0.1) is 16.4 Å². The summed E-state index contributed by atoms with van der Waals surface area (Å²) >= 11 is 7.46. The number of amides is 1. The number of aromatic nitrogens is 5. The van der Waals surface area contributed by atoms with Gasteiger partial charge in [0.15, 0.2) is 11.6 Å². The Hall–Kier alpha value is -3.08. The van der Waals surface area contributed by atoms with Crippen LogP contribution in [0.4, 0.5) is 0 Å². The summed E-state index contributed by atoms with van der Waals surface area (Å²) in [5.74, 6) is 0.958. The monoisotopic (exact) mass is 511 g/mol. The Morgan fingerprint density at radius 2 is 2.09 bits per heavy atom. The highest BCUT2D eigenvalue weighted by molar-refractivity contribution is 7.19. The molecule has 0 radical (unpaired) electrons. The second-order valence-corrected chi connectivity index (χ2v) is 10.5. The predicted octanol–water partition coefficient (Wildman–Crippen LogP) is 4.36. The number of thiophene rings is 1. The van der Waals surface area contributed by atoms with Gasteiger partial charge in [-0.05, 0) is 51.0 Å². The molecule has 1 aliphatic heterocycles. The summed E-state index contributed by atoms with van der Waals surface area (Å²) in [6.07, 6.45) is 3.50. The summed E-state index contributed by atoms with van der Waals surface area (Å²) in [4.78, 5) is 25.3. The molecular formula is C24H26ClN7O2S. The highest BCUT2D eigenvalue weighted by atomic mass is 35.5. The molecule has 4 aromatic rings. The molecule has 9 nitrogen and oxygen atoms in total. The van der Waals surface area contributed by atoms with Crippen LogP contribution < -0.4 is 5.32 Å². The second kappa shape index (κ2) is 10.3. The Morgan fingerprint density at radius 3 is 2.77 bits per heavy atom. The Morgan fingerprint density at radius 1 is 1.26 bits per heavy atom. The van der Waals surface area contributed by atoms with E-state index in [-0.39, 0.29) is 24.3 Å². The van der Waals surface area contributed by atoms with E-state index in [0.29, 0.717) is 33.4 Å². The average Bonchev–Trinajstić information content (AvgIpc) is 3.60. The first kappa shape index (κ1) is 23.7. The number of likely N-dealkylation sites (tertiary alicyclic amines) is 1. The van der Waals surface area contributed by atoms with Gasteiger partial charge in [-0.2, -0.15) is 0 Å². The van der Waals surface area contributed by atoms with Crippen LogP contribution in [0.15, 0.2) is 47.1 Å². The number of carbonyl (C=O) groups is 1. The van der Waals surface area contributed by atoms with Gasteiger partial charge in [0.2, 0.25) is 5.82 Å². The topological polar surface area (TPSA) is 102 Å². The van der Waals surface area contributed by atoms with Crippen LogP contribution in [0.2, 0.25) is 4.34 Å². The SMILES string of the molecule is CC(C)N1CCC(NC(=O)c2nc(-c3ccccn3)n(Cc3cc(-c4ccc(Cl)s4)on3)n2)CC1. The molecule has 0 saturated carbocycles. The standard InChI is InChI=1S/C24H26ClN7O2S/c1-15(2)31-11-8-16(9-12-31)27-24(33)22-28-23(18-5-3-4-10-26-18)32(29-22)14-17-13-19(34-30-17)20-6-7-21(25)35-20/h3-7,10,13,15-16H,8-9,11-12,14H2,1-2H3,(H,27,33). The molecule has 1 saturated heterocycles. The number of nitrogens with one attached hydrogen (secondary N) is 1. The maximum absolute atomic E-state index is 13.0. The van der Waals surface area contributed by atoms with Gasteiger partial charge in [-0.3, -0.25) is 9.78 Å². The second-order valence-electron chi connectivity index (χ2n) is 8.80. The van der Waals surface area contributed by atoms with Crippen LogP contribution in [0.1, 0.15) is 43.0 Å². The lowest BCUT2D eigenvalue weighted by Gasteiger charge is -2.34. The molecule has 0 bridgehead atoms. The summed E-state index contributed by atoms with van der Waals surface area (Å²) in [7, 11) is 0. The van der Waals surface area contributed by atoms with Crippen LogP contribution in [0, 0.1) is 0 Å². The number of nitrogens with zero attached hydrogens (tertiary/aromatic N) is 6. The van der Waals surface area contributed by atoms with Crippen LogP contribution in [0.5, 0.6) is 0 Å². The highest BCUT2D eigenvalue weighted by Crippen LogP contribution is 2.31. The minimum atomic E-state index is -0.280. The quantitative estimate of drug-likeness (QED) is 0.393. The van der Waals surface area contributed by atoms with E-state index in [2.05, 4.69) is 44.3 Å². The Balaban J connectivity index is 1.35. The molecule has 1 N–H and O–H groups in total. The fourth-order valence-corrected chi connectivity index (χ4v) is 5.14. The third-order valence-electron chi connectivity index (χ3n) is 6.05. The maximum atomic E-state index is 13.0. The molecule has 0 aliphatic carbocycles. The number of hydrogen-bond acceptors (Lipinski definition) is 8. The van der Waals surface area contributed by atoms with E-state index in [1.807, 2.05) is 36.4 Å². The summed E-state index contributed by atoms with van der Waals surface area (Å²) in [5.41, 5.74) is 1.28. The fraction of sp³-hybridized carbons (Fsp3) is 0.375. The summed E-state index contributed by atoms with van der Waals surface area (Å²) < 4.78 is 7.82. The van der Waals surface area contributed by atoms with Crippen LogP contribution in [-0.2, 0) is 6.54 Å². The first-order chi connectivity index (χ1) is 17.0. The van der Waals surface area contributed by atoms with Crippen molar-refractivity contribution >= 4 is 28.8 Å². The van der Waals surface area contributed by atoms with E-state index in [4.69, 9.17) is 16.1 Å². The zero-order valence-corrected chi connectivity index (χ0v) is 21.1. The maximum Gasteiger partial charge on any atom is 0.291 e. The van der Waals surface area contributed by atoms with Crippen molar-refractivity contribution in [1.82, 2.24) is 35.1 Å². The van der Waals surface area contributed by atoms with Crippen molar-refractivity contribution in [3.8, 4) is 22.2 Å². The van der Waals surface area contributed by atoms with Crippen molar-refractivity contribution in [3.63, 3.8) is 0 Å². The number of rotatable bonds is 7. The molecule has 5 rings (SSSR count). The van der Waals surface area contributed by atoms with Crippen molar-refractivity contribution in [2.24, 2.45) is 0 Å². The number of hydrogen-bond donors (Lipinski definition) is 1. The Kier molecular flexibility index (Phi) is 6.94. The molecule has 0 spiro atoms. The van der Waals surface area contributed by atoms with Gasteiger partial charge in [0.25, 0.3) is 5.91 Å². The van der Waals surface area contributed by atoms with E-state index >= 15 is 0 Å². The normalized spacial score (nSPS) is 15.1. The molecule has 182 valence electrons. The lowest BCUT2D eigenvalue weighted by Crippen LogP contribution is -2.46. The van der Waals surface area contributed by atoms with E-state index in [1.54, 1.807) is 10.9 Å². The van der Waals surface area contributed by atoms with Crippen molar-refractivity contribution in [3.05, 3.63) is 58.4 Å². The fourth-order valence-electron chi connectivity index (χ4n) is 4.15. The third-order valence-corrected chi connectivity index (χ3v) is 7.30. The van der Waals surface area contributed by atoms with Crippen molar-refractivity contribution in [1.29, 1.82) is 0 Å². The summed E-state index contributed by atoms with van der Waals surface area (Å²) in [6, 6.07) is 11.7. The Bertz CT molecular complexity index is 1290. The smallest absolute Gasteiger partial charge is 0.291 e. The minimum absolute atomic E-state index is 0.110. The van der Waals surface area contributed by atoms with E-state index in [0.717, 1.165) is 30.8 Å². The van der Waals surface area contributed by atoms with Gasteiger partial charge in [-0.1, -0.05) is 22.8 Å².